The highest BCUT2D eigenvalue weighted by Gasteiger charge is 2.46. The van der Waals surface area contributed by atoms with Crippen LogP contribution in [0, 0.1) is 0 Å². The van der Waals surface area contributed by atoms with Crippen molar-refractivity contribution in [2.24, 2.45) is 0 Å². The summed E-state index contributed by atoms with van der Waals surface area (Å²) >= 11 is 0. The van der Waals surface area contributed by atoms with Gasteiger partial charge in [-0.05, 0) is 0 Å². The Morgan fingerprint density at radius 2 is 1.19 bits per heavy atom. The first-order valence-corrected chi connectivity index (χ1v) is 5.21. The highest BCUT2D eigenvalue weighted by Crippen LogP contribution is 2.23. The number of piperidine rings is 1. The first-order valence-electron chi connectivity index (χ1n) is 5.21. The average Bonchev–Trinajstić information content (AvgIpc) is 2.28. The van der Waals surface area contributed by atoms with E-state index in [-0.39, 0.29) is 13.2 Å². The monoisotopic (exact) mass is 237 g/mol. The second-order valence-electron chi connectivity index (χ2n) is 3.93. The Morgan fingerprint density at radius 1 is 0.750 bits per heavy atom. The zero-order valence-corrected chi connectivity index (χ0v) is 8.85. The second kappa shape index (κ2) is 5.87. The topological polar surface area (TPSA) is 125 Å². The van der Waals surface area contributed by atoms with Gasteiger partial charge in [-0.2, -0.15) is 0 Å². The highest BCUT2D eigenvalue weighted by atomic mass is 16.4. The molecule has 0 unspecified atom stereocenters. The van der Waals surface area contributed by atoms with Gasteiger partial charge in [-0.25, -0.2) is 0 Å². The van der Waals surface area contributed by atoms with E-state index in [0.717, 1.165) is 0 Å². The van der Waals surface area contributed by atoms with Crippen LogP contribution in [0.3, 0.4) is 0 Å². The van der Waals surface area contributed by atoms with E-state index in [1.165, 1.54) is 4.90 Å². The van der Waals surface area contributed by atoms with Crippen LogP contribution in [-0.2, 0) is 0 Å². The summed E-state index contributed by atoms with van der Waals surface area (Å²) in [7, 11) is 0. The highest BCUT2D eigenvalue weighted by molar-refractivity contribution is 4.99. The molecule has 7 heteroatoms. The largest absolute Gasteiger partial charge is 0.395 e. The molecule has 1 fully saturated rings. The van der Waals surface area contributed by atoms with Crippen LogP contribution < -0.4 is 0 Å². The summed E-state index contributed by atoms with van der Waals surface area (Å²) in [6.07, 6.45) is -4.03. The molecule has 0 aromatic rings. The van der Waals surface area contributed by atoms with Crippen LogP contribution in [0.25, 0.3) is 0 Å². The number of hydrogen-bond acceptors (Lipinski definition) is 7. The number of aliphatic hydroxyl groups excluding tert-OH is 6. The van der Waals surface area contributed by atoms with Crippen molar-refractivity contribution in [3.8, 4) is 0 Å². The lowest BCUT2D eigenvalue weighted by Gasteiger charge is -2.47. The minimum atomic E-state index is -1.41. The molecule has 96 valence electrons. The van der Waals surface area contributed by atoms with Gasteiger partial charge >= 0.3 is 0 Å². The Balaban J connectivity index is 2.88. The molecule has 1 saturated heterocycles. The number of hydrogen-bond donors (Lipinski definition) is 6. The van der Waals surface area contributed by atoms with Gasteiger partial charge in [0.15, 0.2) is 0 Å². The molecule has 0 spiro atoms. The van der Waals surface area contributed by atoms with Gasteiger partial charge in [0.2, 0.25) is 0 Å². The SMILES string of the molecule is OCCN1[C@H](CO)[C@H](O)C(O)[C@@H](O)[C@H]1CO. The molecule has 0 radical (unpaired) electrons. The zero-order valence-electron chi connectivity index (χ0n) is 8.85. The Labute approximate surface area is 93.2 Å². The molecule has 0 aliphatic carbocycles. The Morgan fingerprint density at radius 3 is 1.50 bits per heavy atom. The molecule has 7 nitrogen and oxygen atoms in total. The molecule has 16 heavy (non-hydrogen) atoms. The van der Waals surface area contributed by atoms with Crippen molar-refractivity contribution in [1.29, 1.82) is 0 Å². The van der Waals surface area contributed by atoms with Crippen molar-refractivity contribution in [2.75, 3.05) is 26.4 Å². The van der Waals surface area contributed by atoms with E-state index in [4.69, 9.17) is 15.3 Å². The molecule has 0 aromatic heterocycles. The molecule has 1 heterocycles. The molecule has 0 bridgehead atoms. The van der Waals surface area contributed by atoms with Crippen molar-refractivity contribution in [3.63, 3.8) is 0 Å². The molecule has 1 rings (SSSR count). The molecule has 1 aliphatic heterocycles. The molecule has 1 aliphatic rings. The van der Waals surface area contributed by atoms with E-state index in [1.54, 1.807) is 0 Å². The molecule has 6 N–H and O–H groups in total. The van der Waals surface area contributed by atoms with Gasteiger partial charge in [-0.15, -0.1) is 0 Å². The molecule has 0 saturated carbocycles. The van der Waals surface area contributed by atoms with E-state index in [1.807, 2.05) is 0 Å². The van der Waals surface area contributed by atoms with Gasteiger partial charge in [0, 0.05) is 6.54 Å². The van der Waals surface area contributed by atoms with Crippen LogP contribution in [0.4, 0.5) is 0 Å². The Bertz CT molecular complexity index is 198. The minimum absolute atomic E-state index is 0.0945. The van der Waals surface area contributed by atoms with Crippen LogP contribution in [0.15, 0.2) is 0 Å². The maximum Gasteiger partial charge on any atom is 0.109 e. The molecular formula is C9H19NO6. The predicted octanol–water partition coefficient (Wildman–Crippen LogP) is -3.90. The van der Waals surface area contributed by atoms with Gasteiger partial charge < -0.3 is 30.6 Å². The third-order valence-corrected chi connectivity index (χ3v) is 3.07. The molecule has 0 aromatic carbocycles. The van der Waals surface area contributed by atoms with E-state index in [2.05, 4.69) is 0 Å². The van der Waals surface area contributed by atoms with Crippen LogP contribution in [-0.4, -0.2) is 92.3 Å². The predicted molar refractivity (Wildman–Crippen MR) is 53.6 cm³/mol. The van der Waals surface area contributed by atoms with Crippen LogP contribution in [0.5, 0.6) is 0 Å². The summed E-state index contributed by atoms with van der Waals surface area (Å²) in [5.41, 5.74) is 0. The third-order valence-electron chi connectivity index (χ3n) is 3.07. The quantitative estimate of drug-likeness (QED) is 0.295. The van der Waals surface area contributed by atoms with Gasteiger partial charge in [0.05, 0.1) is 31.9 Å². The van der Waals surface area contributed by atoms with Crippen molar-refractivity contribution in [2.45, 2.75) is 30.4 Å². The summed E-state index contributed by atoms with van der Waals surface area (Å²) in [4.78, 5) is 1.40. The lowest BCUT2D eigenvalue weighted by molar-refractivity contribution is -0.179. The van der Waals surface area contributed by atoms with Crippen LogP contribution >= 0.6 is 0 Å². The fourth-order valence-electron chi connectivity index (χ4n) is 2.17. The fourth-order valence-corrected chi connectivity index (χ4v) is 2.17. The number of likely N-dealkylation sites (tertiary alicyclic amines) is 1. The fraction of sp³-hybridized carbons (Fsp3) is 1.00. The second-order valence-corrected chi connectivity index (χ2v) is 3.93. The first kappa shape index (κ1) is 13.8. The van der Waals surface area contributed by atoms with Gasteiger partial charge in [0.1, 0.15) is 18.3 Å². The van der Waals surface area contributed by atoms with E-state index < -0.39 is 43.6 Å². The standard InChI is InChI=1S/C9H19NO6/c11-2-1-10-5(3-12)7(14)9(16)8(15)6(10)4-13/h5-9,11-16H,1-4H2/t5-,6-,7+,8+/m1/s1. The molecule has 4 atom stereocenters. The smallest absolute Gasteiger partial charge is 0.109 e. The van der Waals surface area contributed by atoms with Crippen molar-refractivity contribution < 1.29 is 30.6 Å². The van der Waals surface area contributed by atoms with Crippen molar-refractivity contribution in [3.05, 3.63) is 0 Å². The Hall–Kier alpha value is -0.280. The summed E-state index contributed by atoms with van der Waals surface area (Å²) < 4.78 is 0. The lowest BCUT2D eigenvalue weighted by Crippen LogP contribution is -2.68. The first-order chi connectivity index (χ1) is 7.58. The molecular weight excluding hydrogens is 218 g/mol. The molecule has 0 amide bonds. The van der Waals surface area contributed by atoms with Crippen LogP contribution in [0.2, 0.25) is 0 Å². The van der Waals surface area contributed by atoms with Crippen LogP contribution in [0.1, 0.15) is 0 Å². The maximum atomic E-state index is 9.64. The van der Waals surface area contributed by atoms with Crippen molar-refractivity contribution in [1.82, 2.24) is 4.90 Å². The third kappa shape index (κ3) is 2.35. The summed E-state index contributed by atoms with van der Waals surface area (Å²) in [5, 5.41) is 55.9. The summed E-state index contributed by atoms with van der Waals surface area (Å²) in [5.74, 6) is 0. The zero-order chi connectivity index (χ0) is 12.3. The van der Waals surface area contributed by atoms with E-state index in [9.17, 15) is 15.3 Å². The number of β-amino-alcohol motifs (C(OH)–C–C–N with tert-alkyl or cyclic N) is 1. The van der Waals surface area contributed by atoms with Gasteiger partial charge in [-0.1, -0.05) is 0 Å². The number of nitrogens with zero attached hydrogens (tertiary/aromatic N) is 1. The number of aliphatic hydroxyl groups is 6. The van der Waals surface area contributed by atoms with Gasteiger partial charge in [0.25, 0.3) is 0 Å². The van der Waals surface area contributed by atoms with Gasteiger partial charge in [-0.3, -0.25) is 4.90 Å². The van der Waals surface area contributed by atoms with E-state index >= 15 is 0 Å². The van der Waals surface area contributed by atoms with Crippen molar-refractivity contribution >= 4 is 0 Å². The summed E-state index contributed by atoms with van der Waals surface area (Å²) in [6.45, 7) is -0.997. The normalized spacial score (nSPS) is 41.2. The lowest BCUT2D eigenvalue weighted by atomic mass is 9.88. The minimum Gasteiger partial charge on any atom is -0.395 e. The average molecular weight is 237 g/mol. The maximum absolute atomic E-state index is 9.64. The van der Waals surface area contributed by atoms with E-state index in [0.29, 0.717) is 0 Å². The Kier molecular flexibility index (Phi) is 5.06. The number of rotatable bonds is 4. The summed E-state index contributed by atoms with van der Waals surface area (Å²) in [6, 6.07) is -1.61.